The molecule has 0 saturated carbocycles. The summed E-state index contributed by atoms with van der Waals surface area (Å²) < 4.78 is 22.6. The minimum absolute atomic E-state index is 0.468. The van der Waals surface area contributed by atoms with E-state index in [1.807, 2.05) is 0 Å². The van der Waals surface area contributed by atoms with Crippen LogP contribution in [0.25, 0.3) is 38.6 Å². The molecule has 3 aliphatic rings. The lowest BCUT2D eigenvalue weighted by molar-refractivity contribution is 0.00578. The molecule has 1 spiro atoms. The van der Waals surface area contributed by atoms with Crippen LogP contribution in [0.5, 0.6) is 11.5 Å². The molecule has 48 heavy (non-hydrogen) atoms. The molecule has 1 aliphatic carbocycles. The molecule has 1 aromatic heterocycles. The highest BCUT2D eigenvalue weighted by Crippen LogP contribution is 2.62. The van der Waals surface area contributed by atoms with E-state index >= 15 is 0 Å². The largest absolute Gasteiger partial charge is 0.495 e. The van der Waals surface area contributed by atoms with Crippen LogP contribution in [0.1, 0.15) is 49.9 Å². The Morgan fingerprint density at radius 2 is 1.12 bits per heavy atom. The van der Waals surface area contributed by atoms with Crippen molar-refractivity contribution < 1.29 is 14.0 Å². The predicted molar refractivity (Wildman–Crippen MR) is 194 cm³/mol. The Kier molecular flexibility index (Phi) is 5.54. The van der Waals surface area contributed by atoms with Crippen molar-refractivity contribution in [2.75, 3.05) is 0 Å². The summed E-state index contributed by atoms with van der Waals surface area (Å²) in [5, 5.41) is 2.44. The first-order valence-corrected chi connectivity index (χ1v) is 16.8. The molecule has 0 bridgehead atoms. The molecule has 0 unspecified atom stereocenters. The summed E-state index contributed by atoms with van der Waals surface area (Å²) in [7, 11) is -0.514. The Balaban J connectivity index is 1.38. The van der Waals surface area contributed by atoms with Crippen molar-refractivity contribution in [1.29, 1.82) is 0 Å². The third kappa shape index (κ3) is 3.48. The summed E-state index contributed by atoms with van der Waals surface area (Å²) in [6, 6.07) is 48.0. The van der Waals surface area contributed by atoms with Crippen LogP contribution in [0.2, 0.25) is 0 Å². The highest BCUT2D eigenvalue weighted by molar-refractivity contribution is 6.64. The number of nitrogens with zero attached hydrogens (tertiary/aromatic N) is 1. The van der Waals surface area contributed by atoms with Gasteiger partial charge in [0.1, 0.15) is 11.5 Å². The lowest BCUT2D eigenvalue weighted by Gasteiger charge is -2.39. The van der Waals surface area contributed by atoms with Crippen LogP contribution in [-0.4, -0.2) is 22.9 Å². The first-order chi connectivity index (χ1) is 23.3. The second-order valence-corrected chi connectivity index (χ2v) is 14.3. The minimum Gasteiger partial charge on any atom is -0.457 e. The maximum Gasteiger partial charge on any atom is 0.495 e. The monoisotopic (exact) mass is 623 g/mol. The zero-order valence-electron chi connectivity index (χ0n) is 27.5. The van der Waals surface area contributed by atoms with Crippen LogP contribution in [0.3, 0.4) is 0 Å². The lowest BCUT2D eigenvalue weighted by Crippen LogP contribution is -2.41. The summed E-state index contributed by atoms with van der Waals surface area (Å²) >= 11 is 0. The van der Waals surface area contributed by atoms with E-state index < -0.39 is 23.7 Å². The second kappa shape index (κ2) is 9.50. The van der Waals surface area contributed by atoms with E-state index in [4.69, 9.17) is 14.0 Å². The number of hydrogen-bond acceptors (Lipinski definition) is 3. The number of rotatable bonds is 2. The second-order valence-electron chi connectivity index (χ2n) is 14.3. The fourth-order valence-corrected chi connectivity index (χ4v) is 8.46. The van der Waals surface area contributed by atoms with E-state index in [9.17, 15) is 0 Å². The average Bonchev–Trinajstić information content (AvgIpc) is 3.66. The molecular weight excluding hydrogens is 589 g/mol. The molecule has 0 amide bonds. The van der Waals surface area contributed by atoms with Gasteiger partial charge in [-0.1, -0.05) is 91.0 Å². The minimum atomic E-state index is -0.623. The molecule has 2 aliphatic heterocycles. The van der Waals surface area contributed by atoms with Gasteiger partial charge in [0, 0.05) is 27.6 Å². The molecule has 5 heteroatoms. The molecule has 0 radical (unpaired) electrons. The van der Waals surface area contributed by atoms with E-state index in [0.29, 0.717) is 0 Å². The molecule has 10 rings (SSSR count). The van der Waals surface area contributed by atoms with Crippen LogP contribution in [-0.2, 0) is 14.7 Å². The van der Waals surface area contributed by atoms with Gasteiger partial charge < -0.3 is 18.6 Å². The van der Waals surface area contributed by atoms with Crippen LogP contribution in [0, 0.1) is 0 Å². The predicted octanol–water partition coefficient (Wildman–Crippen LogP) is 9.55. The maximum absolute atomic E-state index is 6.77. The zero-order chi connectivity index (χ0) is 32.4. The quantitative estimate of drug-likeness (QED) is 0.180. The molecule has 4 nitrogen and oxygen atoms in total. The van der Waals surface area contributed by atoms with Crippen molar-refractivity contribution in [2.24, 2.45) is 0 Å². The van der Waals surface area contributed by atoms with Crippen LogP contribution in [0.4, 0.5) is 0 Å². The number of ether oxygens (including phenoxy) is 1. The first kappa shape index (κ1) is 28.0. The fraction of sp³-hybridized carbons (Fsp3) is 0.163. The van der Waals surface area contributed by atoms with Crippen molar-refractivity contribution in [2.45, 2.75) is 44.3 Å². The van der Waals surface area contributed by atoms with Gasteiger partial charge >= 0.3 is 7.12 Å². The SMILES string of the molecule is CC1(C)OB(c2cccc3c2-c2cc4c5ccccc5n(-c5ccccc5)c4cc2C32c3ccccc3Oc3ccccc32)OC1(C)C. The van der Waals surface area contributed by atoms with E-state index in [2.05, 4.69) is 166 Å². The fourth-order valence-electron chi connectivity index (χ4n) is 8.46. The molecule has 1 saturated heterocycles. The highest BCUT2D eigenvalue weighted by atomic mass is 16.7. The van der Waals surface area contributed by atoms with Gasteiger partial charge in [0.15, 0.2) is 0 Å². The van der Waals surface area contributed by atoms with Crippen molar-refractivity contribution in [1.82, 2.24) is 4.57 Å². The number of fused-ring (bicyclic) bond motifs is 12. The van der Waals surface area contributed by atoms with Crippen LogP contribution < -0.4 is 10.2 Å². The first-order valence-electron chi connectivity index (χ1n) is 16.8. The molecule has 7 aromatic rings. The third-order valence-electron chi connectivity index (χ3n) is 11.3. The van der Waals surface area contributed by atoms with Gasteiger partial charge in [-0.2, -0.15) is 0 Å². The van der Waals surface area contributed by atoms with Crippen molar-refractivity contribution >= 4 is 34.4 Å². The van der Waals surface area contributed by atoms with Crippen molar-refractivity contribution in [3.63, 3.8) is 0 Å². The molecule has 1 fully saturated rings. The third-order valence-corrected chi connectivity index (χ3v) is 11.3. The van der Waals surface area contributed by atoms with E-state index in [-0.39, 0.29) is 0 Å². The summed E-state index contributed by atoms with van der Waals surface area (Å²) in [6.45, 7) is 8.49. The van der Waals surface area contributed by atoms with E-state index in [0.717, 1.165) is 33.8 Å². The van der Waals surface area contributed by atoms with Gasteiger partial charge in [-0.05, 0) is 97.9 Å². The van der Waals surface area contributed by atoms with Crippen molar-refractivity contribution in [3.8, 4) is 28.3 Å². The topological polar surface area (TPSA) is 32.6 Å². The Hall–Kier alpha value is -5.10. The summed E-state index contributed by atoms with van der Waals surface area (Å²) in [5.74, 6) is 1.75. The number of hydrogen-bond donors (Lipinski definition) is 0. The summed E-state index contributed by atoms with van der Waals surface area (Å²) in [6.07, 6.45) is 0. The molecular formula is C43H34BNO3. The Morgan fingerprint density at radius 1 is 0.521 bits per heavy atom. The Morgan fingerprint density at radius 3 is 1.83 bits per heavy atom. The Labute approximate surface area is 280 Å². The summed E-state index contributed by atoms with van der Waals surface area (Å²) in [4.78, 5) is 0. The smallest absolute Gasteiger partial charge is 0.457 e. The van der Waals surface area contributed by atoms with Gasteiger partial charge in [0.2, 0.25) is 0 Å². The zero-order valence-corrected chi connectivity index (χ0v) is 27.5. The van der Waals surface area contributed by atoms with Crippen molar-refractivity contribution in [3.05, 3.63) is 156 Å². The summed E-state index contributed by atoms with van der Waals surface area (Å²) in [5.41, 5.74) is 10.1. The van der Waals surface area contributed by atoms with E-state index in [1.54, 1.807) is 0 Å². The van der Waals surface area contributed by atoms with Gasteiger partial charge in [0.05, 0.1) is 27.7 Å². The molecule has 232 valence electrons. The molecule has 3 heterocycles. The number of aromatic nitrogens is 1. The lowest BCUT2D eigenvalue weighted by atomic mass is 9.65. The molecule has 0 N–H and O–H groups in total. The normalized spacial score (nSPS) is 17.6. The van der Waals surface area contributed by atoms with Gasteiger partial charge in [0.25, 0.3) is 0 Å². The van der Waals surface area contributed by atoms with E-state index in [1.165, 1.54) is 44.1 Å². The van der Waals surface area contributed by atoms with Gasteiger partial charge in [-0.15, -0.1) is 0 Å². The highest BCUT2D eigenvalue weighted by Gasteiger charge is 2.56. The Bertz CT molecular complexity index is 2400. The number of benzene rings is 6. The number of para-hydroxylation sites is 4. The molecule has 0 atom stereocenters. The maximum atomic E-state index is 6.77. The molecule has 6 aromatic carbocycles. The van der Waals surface area contributed by atoms with Gasteiger partial charge in [-0.25, -0.2) is 0 Å². The van der Waals surface area contributed by atoms with Crippen LogP contribution >= 0.6 is 0 Å². The standard InChI is InChI=1S/C43H34BNO3/c1-41(2)42(3,4)48-44(47-41)35-21-14-20-33-40(35)30-25-29-28-17-8-11-22-36(28)45(27-15-6-5-7-16-27)37(29)26-34(30)43(33)31-18-9-12-23-38(31)46-39-24-13-10-19-32(39)43/h5-26H,1-4H3. The van der Waals surface area contributed by atoms with Gasteiger partial charge in [-0.3, -0.25) is 0 Å². The van der Waals surface area contributed by atoms with Crippen LogP contribution in [0.15, 0.2) is 133 Å². The average molecular weight is 624 g/mol.